The number of nitrogens with zero attached hydrogens (tertiary/aromatic N) is 1. The van der Waals surface area contributed by atoms with Crippen LogP contribution in [0.3, 0.4) is 0 Å². The lowest BCUT2D eigenvalue weighted by Gasteiger charge is -2.07. The largest absolute Gasteiger partial charge is 0.492 e. The molecule has 0 aliphatic rings. The molecule has 15 heavy (non-hydrogen) atoms. The van der Waals surface area contributed by atoms with Crippen molar-refractivity contribution in [2.75, 3.05) is 6.54 Å². The van der Waals surface area contributed by atoms with Gasteiger partial charge in [0.15, 0.2) is 0 Å². The minimum Gasteiger partial charge on any atom is -0.463 e. The van der Waals surface area contributed by atoms with Crippen molar-refractivity contribution in [2.45, 2.75) is 19.4 Å². The second kappa shape index (κ2) is 5.22. The van der Waals surface area contributed by atoms with Gasteiger partial charge in [-0.1, -0.05) is 0 Å². The fourth-order valence-electron chi connectivity index (χ4n) is 1.13. The average Bonchev–Trinajstić information content (AvgIpc) is 2.63. The van der Waals surface area contributed by atoms with Crippen LogP contribution in [-0.2, 0) is 0 Å². The summed E-state index contributed by atoms with van der Waals surface area (Å²) in [5.41, 5.74) is 0.765. The summed E-state index contributed by atoms with van der Waals surface area (Å²) in [5, 5.41) is 0. The zero-order valence-electron chi connectivity index (χ0n) is 8.55. The zero-order chi connectivity index (χ0) is 11.3. The summed E-state index contributed by atoms with van der Waals surface area (Å²) in [5.74, 6) is 0.704. The Morgan fingerprint density at radius 1 is 1.47 bits per heavy atom. The van der Waals surface area contributed by atoms with Crippen LogP contribution >= 0.6 is 0 Å². The van der Waals surface area contributed by atoms with Crippen molar-refractivity contribution in [3.05, 3.63) is 24.2 Å². The summed E-state index contributed by atoms with van der Waals surface area (Å²) < 4.78 is 5.12. The number of hydrogen-bond donors (Lipinski definition) is 3. The Hall–Kier alpha value is -0.953. The van der Waals surface area contributed by atoms with Crippen molar-refractivity contribution in [2.24, 2.45) is 4.99 Å². The van der Waals surface area contributed by atoms with Crippen LogP contribution in [0, 0.1) is 0 Å². The van der Waals surface area contributed by atoms with Gasteiger partial charge in [-0.2, -0.15) is 0 Å². The minimum absolute atomic E-state index is 0.0158. The second-order valence-corrected chi connectivity index (χ2v) is 5.37. The molecular weight excluding hydrogens is 214 g/mol. The van der Waals surface area contributed by atoms with Crippen molar-refractivity contribution in [3.63, 3.8) is 0 Å². The fraction of sp³-hybridized carbons (Fsp3) is 0.444. The third-order valence-corrected chi connectivity index (χ3v) is 2.92. The normalized spacial score (nSPS) is 13.2. The molecule has 84 valence electrons. The minimum atomic E-state index is -3.89. The maximum Gasteiger partial charge on any atom is 0.492 e. The van der Waals surface area contributed by atoms with E-state index in [0.717, 1.165) is 5.71 Å². The summed E-state index contributed by atoms with van der Waals surface area (Å²) in [4.78, 5) is 30.4. The first-order valence-electron chi connectivity index (χ1n) is 4.71. The molecule has 0 aliphatic carbocycles. The van der Waals surface area contributed by atoms with Crippen LogP contribution in [0.1, 0.15) is 19.1 Å². The Labute approximate surface area is 89.1 Å². The summed E-state index contributed by atoms with van der Waals surface area (Å²) in [6.07, 6.45) is 2.02. The molecule has 0 amide bonds. The van der Waals surface area contributed by atoms with Crippen LogP contribution in [-0.4, -0.2) is 35.4 Å². The van der Waals surface area contributed by atoms with E-state index in [1.54, 1.807) is 12.3 Å². The highest BCUT2D eigenvalue weighted by Crippen LogP contribution is 2.04. The predicted molar refractivity (Wildman–Crippen MR) is 57.6 cm³/mol. The van der Waals surface area contributed by atoms with E-state index >= 15 is 0 Å². The molecule has 5 nitrogen and oxygen atoms in total. The Morgan fingerprint density at radius 3 is 2.73 bits per heavy atom. The van der Waals surface area contributed by atoms with Crippen molar-refractivity contribution >= 4 is 14.5 Å². The van der Waals surface area contributed by atoms with Gasteiger partial charge in [-0.25, -0.2) is 0 Å². The second-order valence-electron chi connectivity index (χ2n) is 3.32. The van der Waals surface area contributed by atoms with Gasteiger partial charge < -0.3 is 18.8 Å². The third-order valence-electron chi connectivity index (χ3n) is 1.90. The Bertz CT molecular complexity index is 315. The van der Waals surface area contributed by atoms with Crippen LogP contribution < -0.4 is 0 Å². The molecule has 0 aromatic carbocycles. The van der Waals surface area contributed by atoms with E-state index in [2.05, 4.69) is 4.99 Å². The molecule has 3 N–H and O–H groups in total. The van der Waals surface area contributed by atoms with Crippen molar-refractivity contribution in [1.29, 1.82) is 0 Å². The topological polar surface area (TPSA) is 86.2 Å². The lowest BCUT2D eigenvalue weighted by atomic mass is 10.3. The van der Waals surface area contributed by atoms with Crippen molar-refractivity contribution in [1.82, 2.24) is 0 Å². The van der Waals surface area contributed by atoms with Gasteiger partial charge in [-0.3, -0.25) is 4.99 Å². The molecule has 0 saturated heterocycles. The fourth-order valence-corrected chi connectivity index (χ4v) is 1.76. The lowest BCUT2D eigenvalue weighted by molar-refractivity contribution is 0.227. The highest BCUT2D eigenvalue weighted by atomic mass is 28.4. The quantitative estimate of drug-likeness (QED) is 0.387. The molecule has 0 aliphatic heterocycles. The number of furan rings is 1. The molecule has 1 heterocycles. The van der Waals surface area contributed by atoms with Gasteiger partial charge in [0.25, 0.3) is 0 Å². The molecule has 6 heteroatoms. The predicted octanol–water partition coefficient (Wildman–Crippen LogP) is 0.395. The molecule has 0 atom stereocenters. The number of hydrogen-bond acceptors (Lipinski definition) is 5. The molecular formula is C9H15NO4Si. The van der Waals surface area contributed by atoms with E-state index in [-0.39, 0.29) is 6.04 Å². The molecule has 1 rings (SSSR count). The van der Waals surface area contributed by atoms with E-state index < -0.39 is 8.80 Å². The van der Waals surface area contributed by atoms with E-state index in [1.165, 1.54) is 0 Å². The van der Waals surface area contributed by atoms with Crippen LogP contribution in [0.15, 0.2) is 27.8 Å². The SMILES string of the molecule is CC(=NCCC[Si](O)(O)O)c1ccco1. The highest BCUT2D eigenvalue weighted by molar-refractivity contribution is 6.56. The zero-order valence-corrected chi connectivity index (χ0v) is 9.55. The number of aliphatic imine (C=N–C) groups is 1. The van der Waals surface area contributed by atoms with Crippen LogP contribution in [0.25, 0.3) is 0 Å². The standard InChI is InChI=1S/C9H15NO4Si/c1-8(9-4-2-6-14-9)10-5-3-7-15(11,12)13/h2,4,6,11-13H,3,5,7H2,1H3. The first-order valence-corrected chi connectivity index (χ1v) is 6.76. The van der Waals surface area contributed by atoms with E-state index in [1.807, 2.05) is 13.0 Å². The summed E-state index contributed by atoms with van der Waals surface area (Å²) in [7, 11) is -3.89. The van der Waals surface area contributed by atoms with E-state index in [0.29, 0.717) is 18.7 Å². The monoisotopic (exact) mass is 229 g/mol. The molecule has 0 radical (unpaired) electrons. The number of rotatable bonds is 5. The maximum absolute atomic E-state index is 8.75. The first kappa shape index (κ1) is 12.1. The molecule has 0 unspecified atom stereocenters. The molecule has 1 aromatic heterocycles. The molecule has 0 spiro atoms. The van der Waals surface area contributed by atoms with Gasteiger partial charge >= 0.3 is 8.80 Å². The average molecular weight is 229 g/mol. The van der Waals surface area contributed by atoms with Crippen LogP contribution in [0.4, 0.5) is 0 Å². The van der Waals surface area contributed by atoms with Gasteiger partial charge in [0.05, 0.1) is 12.0 Å². The van der Waals surface area contributed by atoms with Gasteiger partial charge in [-0.05, 0) is 25.5 Å². The Balaban J connectivity index is 2.33. The summed E-state index contributed by atoms with van der Waals surface area (Å²) >= 11 is 0. The van der Waals surface area contributed by atoms with E-state index in [4.69, 9.17) is 18.8 Å². The van der Waals surface area contributed by atoms with Gasteiger partial charge in [0, 0.05) is 12.6 Å². The maximum atomic E-state index is 8.75. The van der Waals surface area contributed by atoms with Crippen LogP contribution in [0.5, 0.6) is 0 Å². The summed E-state index contributed by atoms with van der Waals surface area (Å²) in [6.45, 7) is 2.27. The Kier molecular flexibility index (Phi) is 4.22. The van der Waals surface area contributed by atoms with Gasteiger partial charge in [0.2, 0.25) is 0 Å². The lowest BCUT2D eigenvalue weighted by Crippen LogP contribution is -2.34. The van der Waals surface area contributed by atoms with Gasteiger partial charge in [-0.15, -0.1) is 0 Å². The van der Waals surface area contributed by atoms with Gasteiger partial charge in [0.1, 0.15) is 5.76 Å². The van der Waals surface area contributed by atoms with E-state index in [9.17, 15) is 0 Å². The molecule has 1 aromatic rings. The van der Waals surface area contributed by atoms with Crippen molar-refractivity contribution < 1.29 is 18.8 Å². The molecule has 0 bridgehead atoms. The smallest absolute Gasteiger partial charge is 0.463 e. The van der Waals surface area contributed by atoms with Crippen LogP contribution in [0.2, 0.25) is 6.04 Å². The molecule has 0 fully saturated rings. The Morgan fingerprint density at radius 2 is 2.20 bits per heavy atom. The first-order chi connectivity index (χ1) is 6.99. The van der Waals surface area contributed by atoms with Crippen molar-refractivity contribution in [3.8, 4) is 0 Å². The molecule has 0 saturated carbocycles. The third kappa shape index (κ3) is 4.89. The summed E-state index contributed by atoms with van der Waals surface area (Å²) in [6, 6.07) is 3.60. The highest BCUT2D eigenvalue weighted by Gasteiger charge is 2.25.